The number of rotatable bonds is 3. The molecule has 1 aliphatic rings. The van der Waals surface area contributed by atoms with Gasteiger partial charge in [0.2, 0.25) is 0 Å². The molecule has 0 unspecified atom stereocenters. The van der Waals surface area contributed by atoms with Gasteiger partial charge < -0.3 is 14.6 Å². The summed E-state index contributed by atoms with van der Waals surface area (Å²) in [6, 6.07) is 5.55. The number of benzene rings is 1. The lowest BCUT2D eigenvalue weighted by Gasteiger charge is -2.12. The van der Waals surface area contributed by atoms with Crippen LogP contribution in [0.15, 0.2) is 41.9 Å². The number of hydrogen-bond donors (Lipinski definition) is 2. The second-order valence-corrected chi connectivity index (χ2v) is 6.30. The van der Waals surface area contributed by atoms with Crippen molar-refractivity contribution in [2.24, 2.45) is 7.05 Å². The van der Waals surface area contributed by atoms with Gasteiger partial charge >= 0.3 is 0 Å². The maximum Gasteiger partial charge on any atom is 0.276 e. The second kappa shape index (κ2) is 7.01. The number of anilines is 1. The highest BCUT2D eigenvalue weighted by Gasteiger charge is 2.26. The third kappa shape index (κ3) is 3.38. The van der Waals surface area contributed by atoms with E-state index in [0.717, 1.165) is 11.0 Å². The van der Waals surface area contributed by atoms with Crippen molar-refractivity contribution in [2.45, 2.75) is 10.9 Å². The largest absolute Gasteiger partial charge is 0.488 e. The number of nitrogens with zero attached hydrogens (tertiary/aromatic N) is 2. The molecule has 1 aliphatic heterocycles. The van der Waals surface area contributed by atoms with Crippen molar-refractivity contribution >= 4 is 23.5 Å². The van der Waals surface area contributed by atoms with Gasteiger partial charge in [0, 0.05) is 18.9 Å². The predicted octanol–water partition coefficient (Wildman–Crippen LogP) is 2.83. The molecule has 8 heteroatoms. The average molecular weight is 358 g/mol. The van der Waals surface area contributed by atoms with Crippen molar-refractivity contribution in [2.75, 3.05) is 11.9 Å². The fourth-order valence-electron chi connectivity index (χ4n) is 2.39. The van der Waals surface area contributed by atoms with Crippen molar-refractivity contribution in [1.82, 2.24) is 9.29 Å². The number of amides is 1. The molecule has 1 aromatic heterocycles. The van der Waals surface area contributed by atoms with Gasteiger partial charge in [0.25, 0.3) is 5.91 Å². The van der Waals surface area contributed by atoms with Crippen LogP contribution in [0, 0.1) is 17.1 Å². The molecule has 3 rings (SSSR count). The van der Waals surface area contributed by atoms with Crippen LogP contribution in [0.2, 0.25) is 0 Å². The van der Waals surface area contributed by atoms with E-state index in [-0.39, 0.29) is 11.6 Å². The van der Waals surface area contributed by atoms with E-state index in [0.29, 0.717) is 23.7 Å². The van der Waals surface area contributed by atoms with Crippen molar-refractivity contribution in [1.29, 1.82) is 5.26 Å². The molecule has 2 aromatic rings. The lowest BCUT2D eigenvalue weighted by molar-refractivity contribution is 0.101. The average Bonchev–Trinajstić information content (AvgIpc) is 2.79. The monoisotopic (exact) mass is 358 g/mol. The Labute approximate surface area is 148 Å². The summed E-state index contributed by atoms with van der Waals surface area (Å²) in [5, 5.41) is 11.6. The number of aryl methyl sites for hydroxylation is 1. The first kappa shape index (κ1) is 17.1. The highest BCUT2D eigenvalue weighted by Crippen LogP contribution is 2.35. The van der Waals surface area contributed by atoms with Crippen LogP contribution in [-0.4, -0.2) is 23.1 Å². The highest BCUT2D eigenvalue weighted by molar-refractivity contribution is 7.97. The van der Waals surface area contributed by atoms with Crippen molar-refractivity contribution in [3.63, 3.8) is 0 Å². The number of fused-ring (bicyclic) bond motifs is 1. The normalized spacial score (nSPS) is 16.1. The summed E-state index contributed by atoms with van der Waals surface area (Å²) in [6.45, 7) is 4.08. The molecular weight excluding hydrogens is 343 g/mol. The fourth-order valence-corrected chi connectivity index (χ4v) is 3.29. The molecule has 0 saturated heterocycles. The van der Waals surface area contributed by atoms with Crippen LogP contribution in [-0.2, 0) is 7.05 Å². The van der Waals surface area contributed by atoms with E-state index < -0.39 is 11.7 Å². The van der Waals surface area contributed by atoms with Gasteiger partial charge in [-0.15, -0.1) is 6.58 Å². The molecule has 0 radical (unpaired) electrons. The number of halogens is 1. The van der Waals surface area contributed by atoms with E-state index in [2.05, 4.69) is 16.6 Å². The molecule has 0 fully saturated rings. The minimum atomic E-state index is -0.630. The Morgan fingerprint density at radius 1 is 1.64 bits per heavy atom. The molecule has 2 N–H and O–H groups in total. The summed E-state index contributed by atoms with van der Waals surface area (Å²) < 4.78 is 24.0. The smallest absolute Gasteiger partial charge is 0.276 e. The minimum absolute atomic E-state index is 0.0334. The Balaban J connectivity index is 1.88. The molecule has 1 atom stereocenters. The van der Waals surface area contributed by atoms with E-state index >= 15 is 0 Å². The maximum absolute atomic E-state index is 13.4. The quantitative estimate of drug-likeness (QED) is 0.652. The van der Waals surface area contributed by atoms with Crippen LogP contribution in [0.4, 0.5) is 10.1 Å². The van der Waals surface area contributed by atoms with Gasteiger partial charge in [-0.05, 0) is 30.1 Å². The number of nitriles is 1. The van der Waals surface area contributed by atoms with Gasteiger partial charge in [0.15, 0.2) is 11.4 Å². The zero-order valence-electron chi connectivity index (χ0n) is 13.4. The number of nitrogens with one attached hydrogen (secondary N) is 2. The van der Waals surface area contributed by atoms with Crippen molar-refractivity contribution in [3.8, 4) is 11.8 Å². The molecule has 2 heterocycles. The van der Waals surface area contributed by atoms with Crippen LogP contribution < -0.4 is 14.8 Å². The van der Waals surface area contributed by atoms with Gasteiger partial charge in [0.05, 0.1) is 16.5 Å². The first-order valence-corrected chi connectivity index (χ1v) is 8.23. The summed E-state index contributed by atoms with van der Waals surface area (Å²) in [5.74, 6) is -0.559. The molecule has 1 aromatic carbocycles. The molecular formula is C17H15FN4O2S. The summed E-state index contributed by atoms with van der Waals surface area (Å²) in [7, 11) is 1.74. The SMILES string of the molecule is C=C[C@H]1COc2c(cn(C)c2C(=O)Nc2ccc(F)c(C#N)c2)SN1. The molecule has 0 aliphatic carbocycles. The number of ether oxygens (including phenoxy) is 1. The van der Waals surface area contributed by atoms with Gasteiger partial charge in [-0.2, -0.15) is 5.26 Å². The van der Waals surface area contributed by atoms with E-state index in [4.69, 9.17) is 10.00 Å². The van der Waals surface area contributed by atoms with E-state index in [1.807, 2.05) is 0 Å². The highest BCUT2D eigenvalue weighted by atomic mass is 32.2. The van der Waals surface area contributed by atoms with Crippen LogP contribution in [0.3, 0.4) is 0 Å². The number of carbonyl (C=O) groups excluding carboxylic acids is 1. The first-order valence-electron chi connectivity index (χ1n) is 7.41. The summed E-state index contributed by atoms with van der Waals surface area (Å²) in [6.07, 6.45) is 3.53. The summed E-state index contributed by atoms with van der Waals surface area (Å²) >= 11 is 1.37. The Kier molecular flexibility index (Phi) is 4.79. The molecule has 1 amide bonds. The van der Waals surface area contributed by atoms with E-state index in [1.54, 1.807) is 30.0 Å². The van der Waals surface area contributed by atoms with Crippen LogP contribution in [0.5, 0.6) is 5.75 Å². The van der Waals surface area contributed by atoms with Gasteiger partial charge in [-0.25, -0.2) is 9.11 Å². The predicted molar refractivity (Wildman–Crippen MR) is 93.0 cm³/mol. The Hall–Kier alpha value is -2.76. The fraction of sp³-hybridized carbons (Fsp3) is 0.176. The molecule has 6 nitrogen and oxygen atoms in total. The Bertz CT molecular complexity index is 888. The molecule has 25 heavy (non-hydrogen) atoms. The third-order valence-electron chi connectivity index (χ3n) is 3.67. The number of hydrogen-bond acceptors (Lipinski definition) is 5. The van der Waals surface area contributed by atoms with Crippen LogP contribution in [0.25, 0.3) is 0 Å². The third-order valence-corrected chi connectivity index (χ3v) is 4.61. The van der Waals surface area contributed by atoms with Crippen molar-refractivity contribution < 1.29 is 13.9 Å². The second-order valence-electron chi connectivity index (χ2n) is 5.42. The maximum atomic E-state index is 13.4. The lowest BCUT2D eigenvalue weighted by atomic mass is 10.2. The number of carbonyl (C=O) groups is 1. The summed E-state index contributed by atoms with van der Waals surface area (Å²) in [5.41, 5.74) is 0.548. The van der Waals surface area contributed by atoms with E-state index in [1.165, 1.54) is 24.1 Å². The van der Waals surface area contributed by atoms with E-state index in [9.17, 15) is 9.18 Å². The lowest BCUT2D eigenvalue weighted by Crippen LogP contribution is -2.26. The molecule has 128 valence electrons. The first-order chi connectivity index (χ1) is 12.0. The zero-order valence-corrected chi connectivity index (χ0v) is 14.2. The standard InChI is InChI=1S/C17H15FN4O2S/c1-3-11-9-24-16-14(25-21-11)8-22(2)15(16)17(23)20-12-4-5-13(18)10(6-12)7-19/h3-6,8,11,21H,1,9H2,2H3,(H,20,23)/t11-/m0/s1. The number of aromatic nitrogens is 1. The van der Waals surface area contributed by atoms with Gasteiger partial charge in [-0.3, -0.25) is 4.79 Å². The van der Waals surface area contributed by atoms with Gasteiger partial charge in [-0.1, -0.05) is 6.08 Å². The Morgan fingerprint density at radius 2 is 2.44 bits per heavy atom. The summed E-state index contributed by atoms with van der Waals surface area (Å²) in [4.78, 5) is 13.5. The molecule has 0 saturated carbocycles. The topological polar surface area (TPSA) is 79.1 Å². The van der Waals surface area contributed by atoms with Gasteiger partial charge in [0.1, 0.15) is 18.5 Å². The Morgan fingerprint density at radius 3 is 3.16 bits per heavy atom. The van der Waals surface area contributed by atoms with Crippen LogP contribution in [0.1, 0.15) is 16.1 Å². The van der Waals surface area contributed by atoms with Crippen LogP contribution >= 0.6 is 11.9 Å². The molecule has 0 spiro atoms. The molecule has 0 bridgehead atoms. The zero-order chi connectivity index (χ0) is 18.0. The minimum Gasteiger partial charge on any atom is -0.488 e. The van der Waals surface area contributed by atoms with Crippen molar-refractivity contribution in [3.05, 3.63) is 54.1 Å².